The first-order valence-corrected chi connectivity index (χ1v) is 8.83. The third-order valence-corrected chi connectivity index (χ3v) is 5.18. The molecule has 0 radical (unpaired) electrons. The lowest BCUT2D eigenvalue weighted by Crippen LogP contribution is -2.37. The molecule has 1 aromatic rings. The molecule has 2 atom stereocenters. The maximum Gasteiger partial charge on any atom is 0.227 e. The summed E-state index contributed by atoms with van der Waals surface area (Å²) in [6, 6.07) is 8.34. The second-order valence-electron chi connectivity index (χ2n) is 7.55. The molecular weight excluding hydrogens is 286 g/mol. The van der Waals surface area contributed by atoms with E-state index in [0.29, 0.717) is 5.92 Å². The molecule has 1 aliphatic carbocycles. The maximum absolute atomic E-state index is 12.0. The van der Waals surface area contributed by atoms with E-state index in [1.807, 2.05) is 12.1 Å². The number of hydrogen-bond acceptors (Lipinski definition) is 3. The van der Waals surface area contributed by atoms with Crippen molar-refractivity contribution in [3.63, 3.8) is 0 Å². The number of carbonyl (C=O) groups excluding carboxylic acids is 1. The van der Waals surface area contributed by atoms with Crippen LogP contribution in [0.1, 0.15) is 26.2 Å². The highest BCUT2D eigenvalue weighted by Crippen LogP contribution is 2.38. The van der Waals surface area contributed by atoms with Gasteiger partial charge in [-0.15, -0.1) is 0 Å². The van der Waals surface area contributed by atoms with Gasteiger partial charge in [-0.25, -0.2) is 0 Å². The molecule has 1 saturated heterocycles. The first kappa shape index (κ1) is 16.3. The molecule has 2 aliphatic rings. The van der Waals surface area contributed by atoms with Crippen LogP contribution in [0.2, 0.25) is 0 Å². The van der Waals surface area contributed by atoms with E-state index in [-0.39, 0.29) is 11.8 Å². The van der Waals surface area contributed by atoms with Crippen molar-refractivity contribution in [2.45, 2.75) is 26.2 Å². The van der Waals surface area contributed by atoms with Gasteiger partial charge in [-0.05, 0) is 69.5 Å². The maximum atomic E-state index is 12.0. The van der Waals surface area contributed by atoms with Crippen LogP contribution in [0.15, 0.2) is 24.3 Å². The van der Waals surface area contributed by atoms with Gasteiger partial charge in [0, 0.05) is 36.9 Å². The number of nitrogens with zero attached hydrogens (tertiary/aromatic N) is 2. The summed E-state index contributed by atoms with van der Waals surface area (Å²) in [7, 11) is 4.31. The van der Waals surface area contributed by atoms with E-state index in [4.69, 9.17) is 0 Å². The Balaban J connectivity index is 1.51. The van der Waals surface area contributed by atoms with Crippen LogP contribution in [0.25, 0.3) is 0 Å². The Kier molecular flexibility index (Phi) is 4.90. The highest BCUT2D eigenvalue weighted by atomic mass is 16.2. The summed E-state index contributed by atoms with van der Waals surface area (Å²) in [5.41, 5.74) is 2.19. The molecule has 3 rings (SSSR count). The molecule has 1 heterocycles. The normalized spacial score (nSPS) is 24.8. The predicted octanol–water partition coefficient (Wildman–Crippen LogP) is 3.06. The lowest BCUT2D eigenvalue weighted by Gasteiger charge is -2.34. The molecule has 0 aromatic heterocycles. The van der Waals surface area contributed by atoms with Crippen molar-refractivity contribution in [2.75, 3.05) is 43.9 Å². The van der Waals surface area contributed by atoms with Crippen molar-refractivity contribution < 1.29 is 4.79 Å². The number of nitrogens with one attached hydrogen (secondary N) is 1. The molecule has 1 aromatic carbocycles. The van der Waals surface area contributed by atoms with Gasteiger partial charge in [-0.2, -0.15) is 0 Å². The lowest BCUT2D eigenvalue weighted by atomic mass is 9.96. The third-order valence-electron chi connectivity index (χ3n) is 5.18. The van der Waals surface area contributed by atoms with Crippen LogP contribution in [0.3, 0.4) is 0 Å². The van der Waals surface area contributed by atoms with Gasteiger partial charge in [0.05, 0.1) is 0 Å². The molecule has 0 bridgehead atoms. The molecule has 2 fully saturated rings. The molecular formula is C19H29N3O. The third kappa shape index (κ3) is 4.25. The smallest absolute Gasteiger partial charge is 0.227 e. The quantitative estimate of drug-likeness (QED) is 0.907. The van der Waals surface area contributed by atoms with Crippen molar-refractivity contribution >= 4 is 17.3 Å². The number of hydrogen-bond donors (Lipinski definition) is 1. The average molecular weight is 315 g/mol. The van der Waals surface area contributed by atoms with Crippen LogP contribution in [0.5, 0.6) is 0 Å². The predicted molar refractivity (Wildman–Crippen MR) is 95.8 cm³/mol. The van der Waals surface area contributed by atoms with E-state index in [0.717, 1.165) is 31.1 Å². The van der Waals surface area contributed by atoms with Crippen LogP contribution in [0, 0.1) is 17.8 Å². The van der Waals surface area contributed by atoms with Gasteiger partial charge < -0.3 is 15.1 Å². The number of anilines is 2. The zero-order chi connectivity index (χ0) is 16.4. The van der Waals surface area contributed by atoms with Crippen LogP contribution < -0.4 is 10.2 Å². The number of carbonyl (C=O) groups is 1. The van der Waals surface area contributed by atoms with E-state index < -0.39 is 0 Å². The summed E-state index contributed by atoms with van der Waals surface area (Å²) < 4.78 is 0. The van der Waals surface area contributed by atoms with Crippen molar-refractivity contribution in [2.24, 2.45) is 17.8 Å². The highest BCUT2D eigenvalue weighted by molar-refractivity contribution is 5.94. The molecule has 1 amide bonds. The number of amides is 1. The van der Waals surface area contributed by atoms with Crippen LogP contribution in [-0.4, -0.2) is 44.5 Å². The summed E-state index contributed by atoms with van der Waals surface area (Å²) in [6.45, 7) is 5.58. The molecule has 1 N–H and O–H groups in total. The zero-order valence-corrected chi connectivity index (χ0v) is 14.6. The van der Waals surface area contributed by atoms with E-state index in [9.17, 15) is 4.79 Å². The first-order chi connectivity index (χ1) is 11.0. The van der Waals surface area contributed by atoms with Crippen LogP contribution in [0.4, 0.5) is 11.4 Å². The van der Waals surface area contributed by atoms with Gasteiger partial charge in [-0.3, -0.25) is 4.79 Å². The molecule has 2 unspecified atom stereocenters. The van der Waals surface area contributed by atoms with Gasteiger partial charge in [0.1, 0.15) is 0 Å². The standard InChI is InChI=1S/C19H29N3O/c1-14-12-18(14)19(23)20-16-4-6-17(7-5-16)22-10-8-15(9-11-22)13-21(2)3/h4-7,14-15,18H,8-13H2,1-3H3,(H,20,23). The van der Waals surface area contributed by atoms with Crippen molar-refractivity contribution in [1.29, 1.82) is 0 Å². The van der Waals surface area contributed by atoms with Gasteiger partial charge >= 0.3 is 0 Å². The van der Waals surface area contributed by atoms with Crippen molar-refractivity contribution in [3.8, 4) is 0 Å². The van der Waals surface area contributed by atoms with Crippen LogP contribution >= 0.6 is 0 Å². The van der Waals surface area contributed by atoms with E-state index in [1.165, 1.54) is 25.1 Å². The molecule has 1 saturated carbocycles. The Morgan fingerprint density at radius 3 is 2.35 bits per heavy atom. The molecule has 23 heavy (non-hydrogen) atoms. The summed E-state index contributed by atoms with van der Waals surface area (Å²) in [5, 5.41) is 3.03. The van der Waals surface area contributed by atoms with Crippen molar-refractivity contribution in [3.05, 3.63) is 24.3 Å². The fraction of sp³-hybridized carbons (Fsp3) is 0.632. The van der Waals surface area contributed by atoms with Gasteiger partial charge in [-0.1, -0.05) is 6.92 Å². The molecule has 0 spiro atoms. The minimum atomic E-state index is 0.176. The van der Waals surface area contributed by atoms with Gasteiger partial charge in [0.2, 0.25) is 5.91 Å². The summed E-state index contributed by atoms with van der Waals surface area (Å²) in [5.74, 6) is 1.78. The fourth-order valence-corrected chi connectivity index (χ4v) is 3.57. The molecule has 4 heteroatoms. The second-order valence-corrected chi connectivity index (χ2v) is 7.55. The van der Waals surface area contributed by atoms with E-state index >= 15 is 0 Å². The Bertz CT molecular complexity index is 532. The largest absolute Gasteiger partial charge is 0.372 e. The first-order valence-electron chi connectivity index (χ1n) is 8.83. The molecule has 4 nitrogen and oxygen atoms in total. The number of piperidine rings is 1. The lowest BCUT2D eigenvalue weighted by molar-refractivity contribution is -0.117. The van der Waals surface area contributed by atoms with E-state index in [1.54, 1.807) is 0 Å². The van der Waals surface area contributed by atoms with Gasteiger partial charge in [0.15, 0.2) is 0 Å². The SMILES string of the molecule is CC1CC1C(=O)Nc1ccc(N2CCC(CN(C)C)CC2)cc1. The Labute approximate surface area is 139 Å². The Morgan fingerprint density at radius 2 is 1.83 bits per heavy atom. The number of benzene rings is 1. The molecule has 1 aliphatic heterocycles. The van der Waals surface area contributed by atoms with Crippen molar-refractivity contribution in [1.82, 2.24) is 4.90 Å². The number of rotatable bonds is 5. The Morgan fingerprint density at radius 1 is 1.22 bits per heavy atom. The Hall–Kier alpha value is -1.55. The van der Waals surface area contributed by atoms with Crippen LogP contribution in [-0.2, 0) is 4.79 Å². The summed E-state index contributed by atoms with van der Waals surface area (Å²) >= 11 is 0. The minimum Gasteiger partial charge on any atom is -0.372 e. The van der Waals surface area contributed by atoms with Gasteiger partial charge in [0.25, 0.3) is 0 Å². The topological polar surface area (TPSA) is 35.6 Å². The summed E-state index contributed by atoms with van der Waals surface area (Å²) in [6.07, 6.45) is 3.55. The fourth-order valence-electron chi connectivity index (χ4n) is 3.57. The summed E-state index contributed by atoms with van der Waals surface area (Å²) in [4.78, 5) is 16.7. The van der Waals surface area contributed by atoms with E-state index in [2.05, 4.69) is 48.3 Å². The minimum absolute atomic E-state index is 0.176. The monoisotopic (exact) mass is 315 g/mol. The zero-order valence-electron chi connectivity index (χ0n) is 14.6. The second kappa shape index (κ2) is 6.91. The highest BCUT2D eigenvalue weighted by Gasteiger charge is 2.39. The molecule has 126 valence electrons. The average Bonchev–Trinajstić information content (AvgIpc) is 3.25.